The second kappa shape index (κ2) is 7.48. The van der Waals surface area contributed by atoms with E-state index in [2.05, 4.69) is 30.4 Å². The van der Waals surface area contributed by atoms with Gasteiger partial charge in [-0.3, -0.25) is 4.79 Å². The van der Waals surface area contributed by atoms with Crippen LogP contribution in [0.2, 0.25) is 0 Å². The molecule has 0 aromatic heterocycles. The van der Waals surface area contributed by atoms with E-state index in [9.17, 15) is 4.79 Å². The van der Waals surface area contributed by atoms with Crippen molar-refractivity contribution < 1.29 is 4.79 Å². The third-order valence-corrected chi connectivity index (χ3v) is 3.44. The number of carbonyl (C=O) groups is 1. The molecular formula is C18H22N2O. The first-order valence-electron chi connectivity index (χ1n) is 7.30. The average molecular weight is 282 g/mol. The maximum atomic E-state index is 11.8. The van der Waals surface area contributed by atoms with Gasteiger partial charge in [-0.05, 0) is 43.0 Å². The molecule has 2 aromatic rings. The Morgan fingerprint density at radius 3 is 2.52 bits per heavy atom. The van der Waals surface area contributed by atoms with Gasteiger partial charge in [-0.2, -0.15) is 0 Å². The van der Waals surface area contributed by atoms with E-state index in [1.54, 1.807) is 0 Å². The predicted molar refractivity (Wildman–Crippen MR) is 87.1 cm³/mol. The number of benzene rings is 2. The van der Waals surface area contributed by atoms with E-state index in [0.29, 0.717) is 13.0 Å². The van der Waals surface area contributed by atoms with Gasteiger partial charge in [0, 0.05) is 18.7 Å². The molecule has 3 heteroatoms. The van der Waals surface area contributed by atoms with Gasteiger partial charge in [0.05, 0.1) is 0 Å². The van der Waals surface area contributed by atoms with Crippen molar-refractivity contribution in [2.24, 2.45) is 0 Å². The molecule has 0 aliphatic rings. The Morgan fingerprint density at radius 1 is 1.05 bits per heavy atom. The van der Waals surface area contributed by atoms with Gasteiger partial charge in [-0.1, -0.05) is 42.0 Å². The number of amides is 1. The highest BCUT2D eigenvalue weighted by atomic mass is 16.1. The normalized spacial score (nSPS) is 10.3. The molecule has 0 unspecified atom stereocenters. The van der Waals surface area contributed by atoms with Crippen molar-refractivity contribution in [1.29, 1.82) is 0 Å². The van der Waals surface area contributed by atoms with Crippen molar-refractivity contribution in [2.75, 3.05) is 12.3 Å². The van der Waals surface area contributed by atoms with Crippen LogP contribution in [-0.2, 0) is 17.6 Å². The maximum Gasteiger partial charge on any atom is 0.220 e. The fraction of sp³-hybridized carbons (Fsp3) is 0.278. The number of aryl methyl sites for hydroxylation is 2. The standard InChI is InChI=1S/C18H22N2O/c1-14-3-2-4-16(13-14)7-10-18(21)20-12-11-15-5-8-17(19)9-6-15/h2-6,8-9,13H,7,10-12,19H2,1H3,(H,20,21). The monoisotopic (exact) mass is 282 g/mol. The van der Waals surface area contributed by atoms with E-state index in [1.165, 1.54) is 16.7 Å². The number of carbonyl (C=O) groups excluding carboxylic acids is 1. The summed E-state index contributed by atoms with van der Waals surface area (Å²) in [5, 5.41) is 2.96. The topological polar surface area (TPSA) is 55.1 Å². The molecule has 0 radical (unpaired) electrons. The van der Waals surface area contributed by atoms with Crippen molar-refractivity contribution in [3.63, 3.8) is 0 Å². The second-order valence-electron chi connectivity index (χ2n) is 5.33. The highest BCUT2D eigenvalue weighted by Gasteiger charge is 2.02. The number of nitrogens with one attached hydrogen (secondary N) is 1. The third-order valence-electron chi connectivity index (χ3n) is 3.44. The van der Waals surface area contributed by atoms with Gasteiger partial charge in [0.1, 0.15) is 0 Å². The van der Waals surface area contributed by atoms with Crippen LogP contribution in [0.3, 0.4) is 0 Å². The molecule has 0 aliphatic heterocycles. The van der Waals surface area contributed by atoms with Gasteiger partial charge in [0.2, 0.25) is 5.91 Å². The molecule has 3 N–H and O–H groups in total. The lowest BCUT2D eigenvalue weighted by molar-refractivity contribution is -0.121. The molecule has 0 atom stereocenters. The Kier molecular flexibility index (Phi) is 5.38. The minimum atomic E-state index is 0.104. The van der Waals surface area contributed by atoms with E-state index >= 15 is 0 Å². The van der Waals surface area contributed by atoms with Gasteiger partial charge < -0.3 is 11.1 Å². The van der Waals surface area contributed by atoms with Crippen LogP contribution in [0.25, 0.3) is 0 Å². The number of nitrogens with two attached hydrogens (primary N) is 1. The zero-order chi connectivity index (χ0) is 15.1. The number of anilines is 1. The molecule has 2 aromatic carbocycles. The van der Waals surface area contributed by atoms with Gasteiger partial charge in [-0.25, -0.2) is 0 Å². The van der Waals surface area contributed by atoms with Gasteiger partial charge in [-0.15, -0.1) is 0 Å². The summed E-state index contributed by atoms with van der Waals surface area (Å²) in [6.07, 6.45) is 2.15. The molecule has 0 fully saturated rings. The summed E-state index contributed by atoms with van der Waals surface area (Å²) in [4.78, 5) is 11.8. The number of hydrogen-bond donors (Lipinski definition) is 2. The van der Waals surface area contributed by atoms with Crippen LogP contribution in [0.15, 0.2) is 48.5 Å². The van der Waals surface area contributed by atoms with Crippen molar-refractivity contribution in [1.82, 2.24) is 5.32 Å². The molecular weight excluding hydrogens is 260 g/mol. The zero-order valence-corrected chi connectivity index (χ0v) is 12.4. The maximum absolute atomic E-state index is 11.8. The van der Waals surface area contributed by atoms with Crippen LogP contribution < -0.4 is 11.1 Å². The molecule has 0 saturated heterocycles. The second-order valence-corrected chi connectivity index (χ2v) is 5.33. The highest BCUT2D eigenvalue weighted by molar-refractivity contribution is 5.76. The molecule has 110 valence electrons. The molecule has 1 amide bonds. The SMILES string of the molecule is Cc1cccc(CCC(=O)NCCc2ccc(N)cc2)c1. The third kappa shape index (κ3) is 5.30. The molecule has 0 bridgehead atoms. The molecule has 2 rings (SSSR count). The van der Waals surface area contributed by atoms with Crippen LogP contribution >= 0.6 is 0 Å². The number of rotatable bonds is 6. The molecule has 0 aliphatic carbocycles. The summed E-state index contributed by atoms with van der Waals surface area (Å²) >= 11 is 0. The lowest BCUT2D eigenvalue weighted by Crippen LogP contribution is -2.25. The number of hydrogen-bond acceptors (Lipinski definition) is 2. The average Bonchev–Trinajstić information content (AvgIpc) is 2.47. The van der Waals surface area contributed by atoms with Crippen LogP contribution in [0.4, 0.5) is 5.69 Å². The van der Waals surface area contributed by atoms with Crippen LogP contribution in [-0.4, -0.2) is 12.5 Å². The van der Waals surface area contributed by atoms with E-state index in [4.69, 9.17) is 5.73 Å². The highest BCUT2D eigenvalue weighted by Crippen LogP contribution is 2.07. The first-order valence-corrected chi connectivity index (χ1v) is 7.30. The summed E-state index contributed by atoms with van der Waals surface area (Å²) in [6, 6.07) is 16.0. The lowest BCUT2D eigenvalue weighted by atomic mass is 10.1. The van der Waals surface area contributed by atoms with E-state index in [1.807, 2.05) is 30.3 Å². The van der Waals surface area contributed by atoms with Crippen LogP contribution in [0.1, 0.15) is 23.1 Å². The van der Waals surface area contributed by atoms with Crippen molar-refractivity contribution in [2.45, 2.75) is 26.2 Å². The summed E-state index contributed by atoms with van der Waals surface area (Å²) < 4.78 is 0. The minimum Gasteiger partial charge on any atom is -0.399 e. The lowest BCUT2D eigenvalue weighted by Gasteiger charge is -2.06. The number of nitrogen functional groups attached to an aromatic ring is 1. The van der Waals surface area contributed by atoms with E-state index in [-0.39, 0.29) is 5.91 Å². The Morgan fingerprint density at radius 2 is 1.81 bits per heavy atom. The summed E-state index contributed by atoms with van der Waals surface area (Å²) in [5.41, 5.74) is 10.0. The largest absolute Gasteiger partial charge is 0.399 e. The summed E-state index contributed by atoms with van der Waals surface area (Å²) in [7, 11) is 0. The molecule has 21 heavy (non-hydrogen) atoms. The minimum absolute atomic E-state index is 0.104. The van der Waals surface area contributed by atoms with Crippen molar-refractivity contribution in [3.05, 3.63) is 65.2 Å². The first-order chi connectivity index (χ1) is 10.1. The fourth-order valence-electron chi connectivity index (χ4n) is 2.24. The van der Waals surface area contributed by atoms with Gasteiger partial charge in [0.25, 0.3) is 0 Å². The van der Waals surface area contributed by atoms with Crippen molar-refractivity contribution in [3.8, 4) is 0 Å². The molecule has 0 spiro atoms. The predicted octanol–water partition coefficient (Wildman–Crippen LogP) is 2.87. The summed E-state index contributed by atoms with van der Waals surface area (Å²) in [6.45, 7) is 2.73. The van der Waals surface area contributed by atoms with Crippen molar-refractivity contribution >= 4 is 11.6 Å². The Labute approximate surface area is 126 Å². The van der Waals surface area contributed by atoms with Gasteiger partial charge >= 0.3 is 0 Å². The van der Waals surface area contributed by atoms with E-state index in [0.717, 1.165) is 18.5 Å². The summed E-state index contributed by atoms with van der Waals surface area (Å²) in [5.74, 6) is 0.104. The fourth-order valence-corrected chi connectivity index (χ4v) is 2.24. The molecule has 0 heterocycles. The van der Waals surface area contributed by atoms with E-state index < -0.39 is 0 Å². The quantitative estimate of drug-likeness (QED) is 0.800. The molecule has 0 saturated carbocycles. The Balaban J connectivity index is 1.69. The van der Waals surface area contributed by atoms with Gasteiger partial charge in [0.15, 0.2) is 0 Å². The van der Waals surface area contributed by atoms with Crippen LogP contribution in [0.5, 0.6) is 0 Å². The Bertz CT molecular complexity index is 590. The zero-order valence-electron chi connectivity index (χ0n) is 12.4. The van der Waals surface area contributed by atoms with Crippen LogP contribution in [0, 0.1) is 6.92 Å². The first kappa shape index (κ1) is 15.1. The Hall–Kier alpha value is -2.29. The molecule has 3 nitrogen and oxygen atoms in total. The smallest absolute Gasteiger partial charge is 0.220 e.